The maximum atomic E-state index is 13.0. The van der Waals surface area contributed by atoms with Crippen molar-refractivity contribution < 1.29 is 32.2 Å². The maximum Gasteiger partial charge on any atom is 0.433 e. The van der Waals surface area contributed by atoms with Gasteiger partial charge in [0.25, 0.3) is 0 Å². The Morgan fingerprint density at radius 3 is 2.48 bits per heavy atom. The van der Waals surface area contributed by atoms with E-state index in [4.69, 9.17) is 9.84 Å². The van der Waals surface area contributed by atoms with Gasteiger partial charge in [-0.1, -0.05) is 6.07 Å². The Hall–Kier alpha value is -2.64. The number of carbonyl (C=O) groups is 1. The summed E-state index contributed by atoms with van der Waals surface area (Å²) in [6.45, 7) is 0. The number of alkyl halides is 3. The molecular formula is C13H7F4NO3. The lowest BCUT2D eigenvalue weighted by molar-refractivity contribution is -0.141. The molecule has 0 atom stereocenters. The lowest BCUT2D eigenvalue weighted by atomic mass is 10.2. The molecule has 0 bridgehead atoms. The van der Waals surface area contributed by atoms with Crippen LogP contribution in [0.15, 0.2) is 36.4 Å². The molecule has 110 valence electrons. The largest absolute Gasteiger partial charge is 0.477 e. The minimum absolute atomic E-state index is 0.163. The van der Waals surface area contributed by atoms with Gasteiger partial charge in [0.2, 0.25) is 5.88 Å². The molecule has 1 N–H and O–H groups in total. The molecule has 0 unspecified atom stereocenters. The van der Waals surface area contributed by atoms with Crippen molar-refractivity contribution in [1.82, 2.24) is 4.98 Å². The van der Waals surface area contributed by atoms with Crippen LogP contribution in [0.1, 0.15) is 16.1 Å². The fourth-order valence-electron chi connectivity index (χ4n) is 1.48. The highest BCUT2D eigenvalue weighted by Gasteiger charge is 2.34. The van der Waals surface area contributed by atoms with Crippen LogP contribution in [0.2, 0.25) is 0 Å². The van der Waals surface area contributed by atoms with Gasteiger partial charge in [0.15, 0.2) is 0 Å². The van der Waals surface area contributed by atoms with Gasteiger partial charge in [-0.3, -0.25) is 0 Å². The van der Waals surface area contributed by atoms with E-state index in [1.54, 1.807) is 0 Å². The third-order valence-electron chi connectivity index (χ3n) is 2.39. The number of rotatable bonds is 3. The second-order valence-electron chi connectivity index (χ2n) is 3.91. The Kier molecular flexibility index (Phi) is 3.79. The fourth-order valence-corrected chi connectivity index (χ4v) is 1.48. The topological polar surface area (TPSA) is 59.4 Å². The standard InChI is InChI=1S/C13H7F4NO3/c14-7-2-1-3-8(6-7)21-11-9(12(19)20)4-5-10(18-11)13(15,16)17/h1-6H,(H,19,20). The monoisotopic (exact) mass is 301 g/mol. The molecule has 0 aliphatic heterocycles. The van der Waals surface area contributed by atoms with Crippen LogP contribution in [-0.2, 0) is 6.18 Å². The zero-order valence-electron chi connectivity index (χ0n) is 10.2. The van der Waals surface area contributed by atoms with Gasteiger partial charge in [-0.2, -0.15) is 13.2 Å². The summed E-state index contributed by atoms with van der Waals surface area (Å²) in [5.41, 5.74) is -1.87. The maximum absolute atomic E-state index is 13.0. The summed E-state index contributed by atoms with van der Waals surface area (Å²) in [5.74, 6) is -3.12. The zero-order valence-corrected chi connectivity index (χ0v) is 10.2. The molecule has 4 nitrogen and oxygen atoms in total. The summed E-state index contributed by atoms with van der Waals surface area (Å²) in [4.78, 5) is 14.1. The Morgan fingerprint density at radius 1 is 1.19 bits per heavy atom. The van der Waals surface area contributed by atoms with Crippen LogP contribution < -0.4 is 4.74 Å². The minimum Gasteiger partial charge on any atom is -0.477 e. The van der Waals surface area contributed by atoms with Crippen LogP contribution in [-0.4, -0.2) is 16.1 Å². The number of nitrogens with zero attached hydrogens (tertiary/aromatic N) is 1. The number of hydrogen-bond donors (Lipinski definition) is 1. The summed E-state index contributed by atoms with van der Waals surface area (Å²) in [6, 6.07) is 5.78. The third kappa shape index (κ3) is 3.47. The van der Waals surface area contributed by atoms with Gasteiger partial charge in [0, 0.05) is 6.07 Å². The first-order valence-electron chi connectivity index (χ1n) is 5.52. The lowest BCUT2D eigenvalue weighted by Gasteiger charge is -2.11. The van der Waals surface area contributed by atoms with Crippen molar-refractivity contribution in [2.24, 2.45) is 0 Å². The van der Waals surface area contributed by atoms with Crippen molar-refractivity contribution >= 4 is 5.97 Å². The third-order valence-corrected chi connectivity index (χ3v) is 2.39. The van der Waals surface area contributed by atoms with Crippen molar-refractivity contribution in [3.8, 4) is 11.6 Å². The number of aromatic nitrogens is 1. The Balaban J connectivity index is 2.46. The number of carboxylic acid groups (broad SMARTS) is 1. The van der Waals surface area contributed by atoms with Gasteiger partial charge >= 0.3 is 12.1 Å². The molecule has 0 aliphatic rings. The van der Waals surface area contributed by atoms with Crippen LogP contribution in [0.5, 0.6) is 11.6 Å². The van der Waals surface area contributed by atoms with Gasteiger partial charge in [-0.15, -0.1) is 0 Å². The first kappa shape index (κ1) is 14.8. The number of carboxylic acids is 1. The molecule has 0 saturated carbocycles. The molecule has 0 aliphatic carbocycles. The van der Waals surface area contributed by atoms with Gasteiger partial charge in [0.1, 0.15) is 22.8 Å². The Morgan fingerprint density at radius 2 is 1.90 bits per heavy atom. The van der Waals surface area contributed by atoms with Crippen LogP contribution in [0.3, 0.4) is 0 Å². The number of pyridine rings is 1. The van der Waals surface area contributed by atoms with E-state index < -0.39 is 35.1 Å². The number of halogens is 4. The molecule has 0 radical (unpaired) electrons. The first-order valence-corrected chi connectivity index (χ1v) is 5.52. The highest BCUT2D eigenvalue weighted by Crippen LogP contribution is 2.32. The molecule has 0 fully saturated rings. The number of aromatic carboxylic acids is 1. The van der Waals surface area contributed by atoms with Gasteiger partial charge < -0.3 is 9.84 Å². The van der Waals surface area contributed by atoms with Gasteiger partial charge in [-0.25, -0.2) is 14.2 Å². The molecule has 0 spiro atoms. The first-order chi connectivity index (χ1) is 9.77. The summed E-state index contributed by atoms with van der Waals surface area (Å²) in [6.07, 6.45) is -4.75. The molecule has 1 aromatic heterocycles. The van der Waals surface area contributed by atoms with E-state index in [1.165, 1.54) is 12.1 Å². The Bertz CT molecular complexity index is 685. The molecule has 2 aromatic rings. The van der Waals surface area contributed by atoms with Crippen molar-refractivity contribution in [2.75, 3.05) is 0 Å². The summed E-state index contributed by atoms with van der Waals surface area (Å²) in [7, 11) is 0. The van der Waals surface area contributed by atoms with Crippen LogP contribution in [0.4, 0.5) is 17.6 Å². The SMILES string of the molecule is O=C(O)c1ccc(C(F)(F)F)nc1Oc1cccc(F)c1. The van der Waals surface area contributed by atoms with Gasteiger partial charge in [-0.05, 0) is 24.3 Å². The normalized spacial score (nSPS) is 11.2. The second-order valence-corrected chi connectivity index (χ2v) is 3.91. The molecule has 0 saturated heterocycles. The van der Waals surface area contributed by atoms with Crippen LogP contribution >= 0.6 is 0 Å². The lowest BCUT2D eigenvalue weighted by Crippen LogP contribution is -2.11. The average Bonchev–Trinajstić information content (AvgIpc) is 2.37. The van der Waals surface area contributed by atoms with Crippen molar-refractivity contribution in [2.45, 2.75) is 6.18 Å². The summed E-state index contributed by atoms with van der Waals surface area (Å²) in [5, 5.41) is 8.92. The molecule has 1 heterocycles. The molecule has 8 heteroatoms. The van der Waals surface area contributed by atoms with E-state index >= 15 is 0 Å². The zero-order chi connectivity index (χ0) is 15.6. The van der Waals surface area contributed by atoms with E-state index in [0.717, 1.165) is 18.2 Å². The number of benzene rings is 1. The molecule has 1 aromatic carbocycles. The van der Waals surface area contributed by atoms with Crippen molar-refractivity contribution in [1.29, 1.82) is 0 Å². The van der Waals surface area contributed by atoms with E-state index in [-0.39, 0.29) is 5.75 Å². The van der Waals surface area contributed by atoms with Crippen LogP contribution in [0, 0.1) is 5.82 Å². The van der Waals surface area contributed by atoms with E-state index in [0.29, 0.717) is 6.07 Å². The van der Waals surface area contributed by atoms with E-state index in [2.05, 4.69) is 4.98 Å². The van der Waals surface area contributed by atoms with Crippen LogP contribution in [0.25, 0.3) is 0 Å². The van der Waals surface area contributed by atoms with Crippen molar-refractivity contribution in [3.63, 3.8) is 0 Å². The quantitative estimate of drug-likeness (QED) is 0.878. The highest BCUT2D eigenvalue weighted by atomic mass is 19.4. The minimum atomic E-state index is -4.75. The predicted octanol–water partition coefficient (Wildman–Crippen LogP) is 3.73. The highest BCUT2D eigenvalue weighted by molar-refractivity contribution is 5.90. The molecular weight excluding hydrogens is 294 g/mol. The number of ether oxygens (including phenoxy) is 1. The number of hydrogen-bond acceptors (Lipinski definition) is 3. The second kappa shape index (κ2) is 5.39. The average molecular weight is 301 g/mol. The molecule has 2 rings (SSSR count). The summed E-state index contributed by atoms with van der Waals surface area (Å²) >= 11 is 0. The Labute approximate surface area is 115 Å². The summed E-state index contributed by atoms with van der Waals surface area (Å²) < 4.78 is 55.7. The van der Waals surface area contributed by atoms with Crippen molar-refractivity contribution in [3.05, 3.63) is 53.5 Å². The predicted molar refractivity (Wildman–Crippen MR) is 62.7 cm³/mol. The smallest absolute Gasteiger partial charge is 0.433 e. The fraction of sp³-hybridized carbons (Fsp3) is 0.0769. The van der Waals surface area contributed by atoms with E-state index in [1.807, 2.05) is 0 Å². The van der Waals surface area contributed by atoms with E-state index in [9.17, 15) is 22.4 Å². The van der Waals surface area contributed by atoms with Gasteiger partial charge in [0.05, 0.1) is 0 Å². The molecule has 0 amide bonds. The molecule has 21 heavy (non-hydrogen) atoms.